The molecule has 0 aromatic carbocycles. The van der Waals surface area contributed by atoms with E-state index >= 15 is 0 Å². The third-order valence-electron chi connectivity index (χ3n) is 2.55. The molecule has 0 unspecified atom stereocenters. The van der Waals surface area contributed by atoms with E-state index in [4.69, 9.17) is 0 Å². The summed E-state index contributed by atoms with van der Waals surface area (Å²) in [4.78, 5) is 14.0. The van der Waals surface area contributed by atoms with Gasteiger partial charge in [-0.2, -0.15) is 13.2 Å². The molecule has 1 aliphatic rings. The minimum absolute atomic E-state index is 0.267. The summed E-state index contributed by atoms with van der Waals surface area (Å²) in [5, 5.41) is 4.47. The van der Waals surface area contributed by atoms with Crippen LogP contribution in [0.2, 0.25) is 0 Å². The Morgan fingerprint density at radius 1 is 1.37 bits per heavy atom. The van der Waals surface area contributed by atoms with Crippen LogP contribution in [0, 0.1) is 4.91 Å². The lowest BCUT2D eigenvalue weighted by Gasteiger charge is -2.14. The van der Waals surface area contributed by atoms with Crippen LogP contribution in [0.1, 0.15) is 11.3 Å². The molecule has 8 heteroatoms. The predicted molar refractivity (Wildman–Crippen MR) is 65.0 cm³/mol. The molecule has 0 amide bonds. The predicted octanol–water partition coefficient (Wildman–Crippen LogP) is -0.464. The van der Waals surface area contributed by atoms with Crippen LogP contribution < -0.4 is 15.5 Å². The maximum absolute atomic E-state index is 12.8. The van der Waals surface area contributed by atoms with Gasteiger partial charge in [0, 0.05) is 35.2 Å². The van der Waals surface area contributed by atoms with E-state index in [1.807, 2.05) is 0 Å². The number of nitroso groups, excluding NO2 is 1. The second kappa shape index (κ2) is 5.52. The monoisotopic (exact) mass is 291 g/mol. The number of nitrogens with one attached hydrogen (secondary N) is 3. The number of hydrogen-bond acceptors (Lipinski definition) is 3. The molecule has 19 heavy (non-hydrogen) atoms. The molecule has 3 N–H and O–H groups in total. The molecule has 0 bridgehead atoms. The Hall–Kier alpha value is -1.70. The Kier molecular flexibility index (Phi) is 3.98. The first kappa shape index (κ1) is 13.7. The third-order valence-corrected chi connectivity index (χ3v) is 3.57. The number of alkyl halides is 3. The fourth-order valence-electron chi connectivity index (χ4n) is 1.66. The van der Waals surface area contributed by atoms with Crippen LogP contribution in [0.3, 0.4) is 0 Å². The molecular formula is C11H12F3N3OS+2. The lowest BCUT2D eigenvalue weighted by atomic mass is 10.2. The van der Waals surface area contributed by atoms with E-state index in [2.05, 4.69) is 10.3 Å². The molecule has 0 spiro atoms. The molecule has 2 rings (SSSR count). The van der Waals surface area contributed by atoms with Gasteiger partial charge in [-0.05, 0) is 6.07 Å². The standard InChI is InChI=1S/C11H10F3N3OS/c12-11(13,14)9-6-7(15-4-1-5-16-9)8-2-3-10(17-18)19-8/h2-3,6,16H,1,4-5H2/p+2. The second-order valence-corrected chi connectivity index (χ2v) is 5.03. The summed E-state index contributed by atoms with van der Waals surface area (Å²) in [6, 6.07) is 3.15. The topological polar surface area (TPSA) is 57.0 Å². The van der Waals surface area contributed by atoms with Gasteiger partial charge < -0.3 is 5.32 Å². The Balaban J connectivity index is 2.37. The quantitative estimate of drug-likeness (QED) is 0.690. The van der Waals surface area contributed by atoms with Crippen molar-refractivity contribution in [2.24, 2.45) is 0 Å². The molecule has 1 aromatic heterocycles. The first-order valence-corrected chi connectivity index (χ1v) is 6.44. The molecule has 0 fully saturated rings. The van der Waals surface area contributed by atoms with Gasteiger partial charge in [-0.25, -0.2) is 4.99 Å². The number of allylic oxidation sites excluding steroid dienone is 2. The number of thiophene rings is 1. The van der Waals surface area contributed by atoms with Crippen LogP contribution in [0.25, 0.3) is 0 Å². The smallest absolute Gasteiger partial charge is 0.381 e. The summed E-state index contributed by atoms with van der Waals surface area (Å²) >= 11 is 1.11. The summed E-state index contributed by atoms with van der Waals surface area (Å²) < 4.78 is 38.4. The van der Waals surface area contributed by atoms with Gasteiger partial charge in [0.25, 0.3) is 0 Å². The van der Waals surface area contributed by atoms with E-state index in [9.17, 15) is 18.1 Å². The summed E-state index contributed by atoms with van der Waals surface area (Å²) in [6.45, 7) is 0.839. The molecule has 1 aromatic rings. The Morgan fingerprint density at radius 3 is 2.79 bits per heavy atom. The number of rotatable bonds is 2. The van der Waals surface area contributed by atoms with Crippen LogP contribution in [-0.4, -0.2) is 25.0 Å². The highest BCUT2D eigenvalue weighted by atomic mass is 32.1. The van der Waals surface area contributed by atoms with E-state index in [1.165, 1.54) is 6.07 Å². The van der Waals surface area contributed by atoms with Crippen molar-refractivity contribution in [3.8, 4) is 0 Å². The summed E-state index contributed by atoms with van der Waals surface area (Å²) in [5.74, 6) is 0. The lowest BCUT2D eigenvalue weighted by molar-refractivity contribution is -0.456. The van der Waals surface area contributed by atoms with E-state index < -0.39 is 11.9 Å². The molecule has 4 nitrogen and oxygen atoms in total. The summed E-state index contributed by atoms with van der Waals surface area (Å²) in [6.07, 6.45) is -2.80. The number of halogens is 3. The Morgan fingerprint density at radius 2 is 2.16 bits per heavy atom. The van der Waals surface area contributed by atoms with Crippen LogP contribution in [0.4, 0.5) is 18.2 Å². The van der Waals surface area contributed by atoms with Crippen LogP contribution >= 0.6 is 11.3 Å². The molecule has 0 saturated carbocycles. The molecule has 1 aliphatic heterocycles. The molecule has 0 atom stereocenters. The van der Waals surface area contributed by atoms with Gasteiger partial charge >= 0.3 is 11.2 Å². The van der Waals surface area contributed by atoms with Crippen molar-refractivity contribution in [1.82, 2.24) is 5.32 Å². The summed E-state index contributed by atoms with van der Waals surface area (Å²) in [5.41, 5.74) is -0.411. The fraction of sp³-hybridized carbons (Fsp3) is 0.364. The van der Waals surface area contributed by atoms with Crippen LogP contribution in [0.5, 0.6) is 0 Å². The maximum Gasteiger partial charge on any atom is 0.431 e. The SMILES string of the molecule is O=[NH+]c1ccc(C2=[NH+]CCCNC(C(F)(F)F)=C2)s1. The zero-order valence-corrected chi connectivity index (χ0v) is 10.6. The second-order valence-electron chi connectivity index (χ2n) is 3.94. The van der Waals surface area contributed by atoms with Gasteiger partial charge in [-0.15, -0.1) is 0 Å². The highest BCUT2D eigenvalue weighted by molar-refractivity contribution is 7.17. The lowest BCUT2D eigenvalue weighted by Crippen LogP contribution is -2.73. The summed E-state index contributed by atoms with van der Waals surface area (Å²) in [7, 11) is 0. The van der Waals surface area contributed by atoms with E-state index in [0.29, 0.717) is 28.6 Å². The van der Waals surface area contributed by atoms with Crippen molar-refractivity contribution in [3.05, 3.63) is 33.7 Å². The zero-order chi connectivity index (χ0) is 13.9. The average Bonchev–Trinajstić information content (AvgIpc) is 2.75. The zero-order valence-electron chi connectivity index (χ0n) is 9.80. The third kappa shape index (κ3) is 3.40. The van der Waals surface area contributed by atoms with Gasteiger partial charge in [0.05, 0.1) is 0 Å². The molecule has 0 saturated heterocycles. The maximum atomic E-state index is 12.8. The van der Waals surface area contributed by atoms with Crippen molar-refractivity contribution >= 4 is 22.0 Å². The van der Waals surface area contributed by atoms with Gasteiger partial charge in [0.1, 0.15) is 17.1 Å². The van der Waals surface area contributed by atoms with Crippen molar-refractivity contribution in [3.63, 3.8) is 0 Å². The van der Waals surface area contributed by atoms with E-state index in [0.717, 1.165) is 17.4 Å². The molecule has 2 heterocycles. The van der Waals surface area contributed by atoms with Gasteiger partial charge in [-0.1, -0.05) is 11.3 Å². The van der Waals surface area contributed by atoms with Crippen molar-refractivity contribution in [2.45, 2.75) is 12.6 Å². The number of hydrogen-bond donors (Lipinski definition) is 3. The molecule has 102 valence electrons. The van der Waals surface area contributed by atoms with Crippen molar-refractivity contribution < 1.29 is 23.3 Å². The minimum Gasteiger partial charge on any atom is -0.381 e. The molecule has 0 radical (unpaired) electrons. The fourth-order valence-corrected chi connectivity index (χ4v) is 2.45. The van der Waals surface area contributed by atoms with E-state index in [1.54, 1.807) is 11.2 Å². The van der Waals surface area contributed by atoms with Gasteiger partial charge in [0.15, 0.2) is 0 Å². The molecular weight excluding hydrogens is 279 g/mol. The Labute approximate surface area is 111 Å². The highest BCUT2D eigenvalue weighted by Crippen LogP contribution is 2.25. The first-order valence-electron chi connectivity index (χ1n) is 5.62. The van der Waals surface area contributed by atoms with Crippen molar-refractivity contribution in [1.29, 1.82) is 0 Å². The van der Waals surface area contributed by atoms with Gasteiger partial charge in [-0.3, -0.25) is 0 Å². The van der Waals surface area contributed by atoms with Crippen LogP contribution in [0.15, 0.2) is 23.9 Å². The van der Waals surface area contributed by atoms with Gasteiger partial charge in [0.2, 0.25) is 5.71 Å². The first-order chi connectivity index (χ1) is 9.00. The normalized spacial score (nSPS) is 16.8. The van der Waals surface area contributed by atoms with Crippen LogP contribution in [-0.2, 0) is 0 Å². The largest absolute Gasteiger partial charge is 0.431 e. The Bertz CT molecular complexity index is 534. The minimum atomic E-state index is -4.42. The average molecular weight is 291 g/mol. The van der Waals surface area contributed by atoms with Crippen molar-refractivity contribution in [2.75, 3.05) is 13.1 Å². The van der Waals surface area contributed by atoms with E-state index in [-0.39, 0.29) is 6.54 Å². The molecule has 0 aliphatic carbocycles. The highest BCUT2D eigenvalue weighted by Gasteiger charge is 2.35.